The highest BCUT2D eigenvalue weighted by atomic mass is 32.1. The van der Waals surface area contributed by atoms with E-state index in [1.165, 1.54) is 22.6 Å². The zero-order chi connectivity index (χ0) is 16.4. The van der Waals surface area contributed by atoms with Crippen molar-refractivity contribution in [1.82, 2.24) is 4.90 Å². The van der Waals surface area contributed by atoms with Gasteiger partial charge in [0.25, 0.3) is 5.69 Å². The van der Waals surface area contributed by atoms with E-state index in [4.69, 9.17) is 0 Å². The van der Waals surface area contributed by atoms with Crippen molar-refractivity contribution in [3.8, 4) is 0 Å². The number of fused-ring (bicyclic) bond motifs is 1. The normalized spacial score (nSPS) is 16.7. The molecule has 1 aliphatic heterocycles. The number of thiophene rings is 1. The van der Waals surface area contributed by atoms with Crippen LogP contribution in [0, 0.1) is 10.1 Å². The van der Waals surface area contributed by atoms with Gasteiger partial charge in [-0.2, -0.15) is 0 Å². The van der Waals surface area contributed by atoms with Crippen molar-refractivity contribution in [2.45, 2.75) is 25.8 Å². The lowest BCUT2D eigenvalue weighted by atomic mass is 9.98. The summed E-state index contributed by atoms with van der Waals surface area (Å²) in [5.74, 6) is 0. The van der Waals surface area contributed by atoms with E-state index in [9.17, 15) is 14.9 Å². The zero-order valence-corrected chi connectivity index (χ0v) is 13.5. The van der Waals surface area contributed by atoms with Gasteiger partial charge in [-0.05, 0) is 35.9 Å². The van der Waals surface area contributed by atoms with E-state index >= 15 is 0 Å². The Kier molecular flexibility index (Phi) is 4.29. The average molecular weight is 331 g/mol. The van der Waals surface area contributed by atoms with Crippen LogP contribution in [0.25, 0.3) is 0 Å². The number of nitro benzene ring substituents is 1. The second-order valence-electron chi connectivity index (χ2n) is 5.40. The topological polar surface area (TPSA) is 75.5 Å². The molecule has 0 radical (unpaired) electrons. The summed E-state index contributed by atoms with van der Waals surface area (Å²) in [4.78, 5) is 26.1. The minimum Gasteiger partial charge on any atom is -0.317 e. The molecule has 6 nitrogen and oxygen atoms in total. The summed E-state index contributed by atoms with van der Waals surface area (Å²) in [5, 5.41) is 15.7. The largest absolute Gasteiger partial charge is 0.322 e. The molecule has 120 valence electrons. The molecule has 2 aromatic rings. The first kappa shape index (κ1) is 15.5. The lowest BCUT2D eigenvalue weighted by molar-refractivity contribution is -0.384. The van der Waals surface area contributed by atoms with Crippen molar-refractivity contribution in [3.63, 3.8) is 0 Å². The molecular weight excluding hydrogens is 314 g/mol. The minimum atomic E-state index is -0.469. The van der Waals surface area contributed by atoms with Gasteiger partial charge in [-0.15, -0.1) is 11.3 Å². The zero-order valence-electron chi connectivity index (χ0n) is 12.7. The van der Waals surface area contributed by atoms with Crippen molar-refractivity contribution >= 4 is 28.7 Å². The highest BCUT2D eigenvalue weighted by Gasteiger charge is 2.30. The molecule has 2 heterocycles. The second kappa shape index (κ2) is 6.37. The maximum absolute atomic E-state index is 12.6. The highest BCUT2D eigenvalue weighted by Crippen LogP contribution is 2.35. The van der Waals surface area contributed by atoms with Gasteiger partial charge in [-0.25, -0.2) is 4.79 Å². The van der Waals surface area contributed by atoms with Crippen molar-refractivity contribution in [2.75, 3.05) is 11.9 Å². The summed E-state index contributed by atoms with van der Waals surface area (Å²) in [7, 11) is 0. The summed E-state index contributed by atoms with van der Waals surface area (Å²) in [5.41, 5.74) is 1.63. The molecule has 0 saturated heterocycles. The molecular formula is C16H17N3O3S. The summed E-state index contributed by atoms with van der Waals surface area (Å²) < 4.78 is 0. The first-order chi connectivity index (χ1) is 11.1. The van der Waals surface area contributed by atoms with Crippen LogP contribution in [0.5, 0.6) is 0 Å². The van der Waals surface area contributed by atoms with E-state index < -0.39 is 4.92 Å². The summed E-state index contributed by atoms with van der Waals surface area (Å²) in [6.45, 7) is 2.72. The van der Waals surface area contributed by atoms with E-state index in [1.807, 2.05) is 4.90 Å². The van der Waals surface area contributed by atoms with Crippen LogP contribution in [-0.4, -0.2) is 22.4 Å². The Balaban J connectivity index is 1.78. The van der Waals surface area contributed by atoms with Crippen molar-refractivity contribution < 1.29 is 9.72 Å². The molecule has 1 aliphatic rings. The fourth-order valence-corrected chi connectivity index (χ4v) is 3.90. The van der Waals surface area contributed by atoms with E-state index in [1.54, 1.807) is 23.5 Å². The SMILES string of the molecule is CCC1c2ccsc2CCN1C(=O)Nc1cccc([N+](=O)[O-])c1. The number of hydrogen-bond acceptors (Lipinski definition) is 4. The number of non-ortho nitro benzene ring substituents is 1. The lowest BCUT2D eigenvalue weighted by Crippen LogP contribution is -2.41. The van der Waals surface area contributed by atoms with Gasteiger partial charge in [0.05, 0.1) is 11.0 Å². The van der Waals surface area contributed by atoms with Crippen molar-refractivity contribution in [2.24, 2.45) is 0 Å². The third-order valence-electron chi connectivity index (χ3n) is 4.05. The fraction of sp³-hybridized carbons (Fsp3) is 0.312. The molecule has 0 bridgehead atoms. The van der Waals surface area contributed by atoms with Gasteiger partial charge < -0.3 is 10.2 Å². The Bertz CT molecular complexity index is 744. The molecule has 2 amide bonds. The standard InChI is InChI=1S/C16H17N3O3S/c1-2-14-13-7-9-23-15(13)6-8-18(14)16(20)17-11-4-3-5-12(10-11)19(21)22/h3-5,7,9-10,14H,2,6,8H2,1H3,(H,17,20). The van der Waals surface area contributed by atoms with Gasteiger partial charge in [0, 0.05) is 29.2 Å². The maximum Gasteiger partial charge on any atom is 0.322 e. The molecule has 1 aromatic carbocycles. The summed E-state index contributed by atoms with van der Waals surface area (Å²) >= 11 is 1.73. The number of hydrogen-bond donors (Lipinski definition) is 1. The molecule has 0 saturated carbocycles. The third kappa shape index (κ3) is 3.05. The van der Waals surface area contributed by atoms with Gasteiger partial charge in [0.15, 0.2) is 0 Å². The molecule has 1 unspecified atom stereocenters. The Morgan fingerprint density at radius 3 is 3.04 bits per heavy atom. The van der Waals surface area contributed by atoms with Crippen LogP contribution in [0.15, 0.2) is 35.7 Å². The molecule has 7 heteroatoms. The lowest BCUT2D eigenvalue weighted by Gasteiger charge is -2.35. The number of carbonyl (C=O) groups excluding carboxylic acids is 1. The first-order valence-electron chi connectivity index (χ1n) is 7.48. The number of nitrogens with zero attached hydrogens (tertiary/aromatic N) is 2. The Labute approximate surface area is 137 Å². The molecule has 1 atom stereocenters. The first-order valence-corrected chi connectivity index (χ1v) is 8.36. The van der Waals surface area contributed by atoms with Crippen LogP contribution in [0.1, 0.15) is 29.8 Å². The van der Waals surface area contributed by atoms with Crippen LogP contribution in [0.4, 0.5) is 16.2 Å². The molecule has 0 fully saturated rings. The summed E-state index contributed by atoms with van der Waals surface area (Å²) in [6, 6.07) is 7.94. The minimum absolute atomic E-state index is 0.0337. The Morgan fingerprint density at radius 1 is 1.48 bits per heavy atom. The van der Waals surface area contributed by atoms with Gasteiger partial charge in [0.1, 0.15) is 0 Å². The predicted molar refractivity (Wildman–Crippen MR) is 89.9 cm³/mol. The number of anilines is 1. The van der Waals surface area contributed by atoms with E-state index in [0.717, 1.165) is 12.8 Å². The number of carbonyl (C=O) groups is 1. The number of amides is 2. The molecule has 1 aromatic heterocycles. The van der Waals surface area contributed by atoms with Crippen LogP contribution in [0.2, 0.25) is 0 Å². The Morgan fingerprint density at radius 2 is 2.30 bits per heavy atom. The average Bonchev–Trinajstić information content (AvgIpc) is 3.02. The quantitative estimate of drug-likeness (QED) is 0.676. The van der Waals surface area contributed by atoms with Crippen molar-refractivity contribution in [1.29, 1.82) is 0 Å². The highest BCUT2D eigenvalue weighted by molar-refractivity contribution is 7.10. The molecule has 23 heavy (non-hydrogen) atoms. The van der Waals surface area contributed by atoms with Gasteiger partial charge in [-0.1, -0.05) is 13.0 Å². The van der Waals surface area contributed by atoms with E-state index in [-0.39, 0.29) is 17.8 Å². The monoisotopic (exact) mass is 331 g/mol. The fourth-order valence-electron chi connectivity index (χ4n) is 2.97. The number of rotatable bonds is 3. The maximum atomic E-state index is 12.6. The van der Waals surface area contributed by atoms with Crippen LogP contribution in [-0.2, 0) is 6.42 Å². The molecule has 0 aliphatic carbocycles. The summed E-state index contributed by atoms with van der Waals surface area (Å²) in [6.07, 6.45) is 1.69. The number of benzene rings is 1. The van der Waals surface area contributed by atoms with E-state index in [0.29, 0.717) is 12.2 Å². The van der Waals surface area contributed by atoms with Gasteiger partial charge >= 0.3 is 6.03 Å². The number of nitrogens with one attached hydrogen (secondary N) is 1. The number of urea groups is 1. The van der Waals surface area contributed by atoms with Gasteiger partial charge in [0.2, 0.25) is 0 Å². The molecule has 1 N–H and O–H groups in total. The number of nitro groups is 1. The Hall–Kier alpha value is -2.41. The van der Waals surface area contributed by atoms with E-state index in [2.05, 4.69) is 23.7 Å². The van der Waals surface area contributed by atoms with Crippen LogP contribution >= 0.6 is 11.3 Å². The van der Waals surface area contributed by atoms with Gasteiger partial charge in [-0.3, -0.25) is 10.1 Å². The third-order valence-corrected chi connectivity index (χ3v) is 5.05. The van der Waals surface area contributed by atoms with Crippen molar-refractivity contribution in [3.05, 3.63) is 56.3 Å². The predicted octanol–water partition coefficient (Wildman–Crippen LogP) is 4.20. The van der Waals surface area contributed by atoms with Crippen LogP contribution < -0.4 is 5.32 Å². The van der Waals surface area contributed by atoms with Crippen LogP contribution in [0.3, 0.4) is 0 Å². The second-order valence-corrected chi connectivity index (χ2v) is 6.40. The molecule has 0 spiro atoms. The smallest absolute Gasteiger partial charge is 0.317 e. The molecule has 3 rings (SSSR count).